The Hall–Kier alpha value is -3.58. The molecular weight excluding hydrogens is 490 g/mol. The average molecular weight is 522 g/mol. The molecule has 0 saturated carbocycles. The Balaban J connectivity index is 1.21. The number of methoxy groups -OCH3 is 2. The largest absolute Gasteiger partial charge is 0.494 e. The SMILES string of the molecule is COc1ccc(S(=O)(=O)NC2CCN(CCCOc3ccc(-c4ccc(C#N)cc4)cc3)C2)cc1OC. The van der Waals surface area contributed by atoms with Crippen LogP contribution >= 0.6 is 0 Å². The number of sulfonamides is 1. The van der Waals surface area contributed by atoms with Gasteiger partial charge in [-0.25, -0.2) is 13.1 Å². The van der Waals surface area contributed by atoms with Crippen molar-refractivity contribution in [2.75, 3.05) is 40.5 Å². The fourth-order valence-electron chi connectivity index (χ4n) is 4.36. The fraction of sp³-hybridized carbons (Fsp3) is 0.321. The van der Waals surface area contributed by atoms with Gasteiger partial charge in [0.25, 0.3) is 0 Å². The van der Waals surface area contributed by atoms with Crippen molar-refractivity contribution in [2.24, 2.45) is 0 Å². The zero-order chi connectivity index (χ0) is 26.3. The van der Waals surface area contributed by atoms with E-state index in [-0.39, 0.29) is 10.9 Å². The number of hydrogen-bond donors (Lipinski definition) is 1. The summed E-state index contributed by atoms with van der Waals surface area (Å²) in [4.78, 5) is 2.40. The summed E-state index contributed by atoms with van der Waals surface area (Å²) in [5, 5.41) is 8.94. The molecule has 4 rings (SSSR count). The number of nitrogens with zero attached hydrogens (tertiary/aromatic N) is 2. The molecule has 3 aromatic carbocycles. The van der Waals surface area contributed by atoms with Gasteiger partial charge in [0, 0.05) is 25.2 Å². The van der Waals surface area contributed by atoms with Gasteiger partial charge in [-0.05, 0) is 66.9 Å². The van der Waals surface area contributed by atoms with Crippen LogP contribution in [0.15, 0.2) is 71.6 Å². The summed E-state index contributed by atoms with van der Waals surface area (Å²) in [7, 11) is -0.674. The van der Waals surface area contributed by atoms with Crippen LogP contribution in [-0.2, 0) is 10.0 Å². The number of benzene rings is 3. The van der Waals surface area contributed by atoms with E-state index >= 15 is 0 Å². The van der Waals surface area contributed by atoms with E-state index in [0.717, 1.165) is 42.8 Å². The van der Waals surface area contributed by atoms with Gasteiger partial charge < -0.3 is 19.1 Å². The zero-order valence-corrected chi connectivity index (χ0v) is 21.8. The van der Waals surface area contributed by atoms with E-state index < -0.39 is 10.0 Å². The first-order valence-corrected chi connectivity index (χ1v) is 13.6. The molecule has 9 heteroatoms. The molecule has 0 spiro atoms. The summed E-state index contributed by atoms with van der Waals surface area (Å²) < 4.78 is 44.9. The second-order valence-electron chi connectivity index (χ2n) is 8.84. The third-order valence-corrected chi connectivity index (χ3v) is 7.87. The van der Waals surface area contributed by atoms with Gasteiger partial charge in [0.2, 0.25) is 10.0 Å². The molecule has 8 nitrogen and oxygen atoms in total. The third-order valence-electron chi connectivity index (χ3n) is 6.35. The van der Waals surface area contributed by atoms with Gasteiger partial charge in [-0.3, -0.25) is 0 Å². The first-order valence-electron chi connectivity index (χ1n) is 12.1. The van der Waals surface area contributed by atoms with Crippen LogP contribution in [0.5, 0.6) is 17.2 Å². The Labute approximate surface area is 218 Å². The van der Waals surface area contributed by atoms with E-state index in [9.17, 15) is 8.42 Å². The van der Waals surface area contributed by atoms with E-state index in [4.69, 9.17) is 19.5 Å². The molecule has 0 radical (unpaired) electrons. The molecule has 3 aromatic rings. The van der Waals surface area contributed by atoms with Gasteiger partial charge in [0.15, 0.2) is 11.5 Å². The van der Waals surface area contributed by atoms with Crippen molar-refractivity contribution in [3.8, 4) is 34.4 Å². The molecule has 0 bridgehead atoms. The standard InChI is InChI=1S/C28H31N3O5S/c1-34-27-13-12-26(18-28(27)35-2)37(32,33)30-24-14-16-31(20-24)15-3-17-36-25-10-8-23(9-11-25)22-6-4-21(19-29)5-7-22/h4-13,18,24,30H,3,14-17,20H2,1-2H3. The van der Waals surface area contributed by atoms with Gasteiger partial charge in [0.05, 0.1) is 37.4 Å². The van der Waals surface area contributed by atoms with E-state index in [1.807, 2.05) is 48.5 Å². The highest BCUT2D eigenvalue weighted by molar-refractivity contribution is 7.89. The Morgan fingerprint density at radius 3 is 2.30 bits per heavy atom. The van der Waals surface area contributed by atoms with Crippen LogP contribution in [0.2, 0.25) is 0 Å². The minimum Gasteiger partial charge on any atom is -0.494 e. The Kier molecular flexibility index (Phi) is 8.66. The molecule has 194 valence electrons. The van der Waals surface area contributed by atoms with Crippen molar-refractivity contribution in [3.63, 3.8) is 0 Å². The van der Waals surface area contributed by atoms with Crippen LogP contribution in [0.4, 0.5) is 0 Å². The number of likely N-dealkylation sites (tertiary alicyclic amines) is 1. The number of hydrogen-bond acceptors (Lipinski definition) is 7. The second kappa shape index (κ2) is 12.1. The average Bonchev–Trinajstić information content (AvgIpc) is 3.37. The van der Waals surface area contributed by atoms with E-state index in [2.05, 4.69) is 15.7 Å². The Morgan fingerprint density at radius 1 is 0.973 bits per heavy atom. The fourth-order valence-corrected chi connectivity index (χ4v) is 5.64. The van der Waals surface area contributed by atoms with Gasteiger partial charge in [0.1, 0.15) is 5.75 Å². The lowest BCUT2D eigenvalue weighted by Gasteiger charge is -2.17. The lowest BCUT2D eigenvalue weighted by molar-refractivity contribution is 0.261. The maximum Gasteiger partial charge on any atom is 0.241 e. The first kappa shape index (κ1) is 26.5. The first-order chi connectivity index (χ1) is 17.9. The molecule has 1 heterocycles. The van der Waals surface area contributed by atoms with Gasteiger partial charge in [-0.15, -0.1) is 0 Å². The molecule has 1 aliphatic rings. The van der Waals surface area contributed by atoms with Gasteiger partial charge in [-0.2, -0.15) is 5.26 Å². The van der Waals surface area contributed by atoms with Crippen LogP contribution in [0.3, 0.4) is 0 Å². The minimum atomic E-state index is -3.66. The zero-order valence-electron chi connectivity index (χ0n) is 21.0. The number of nitriles is 1. The van der Waals surface area contributed by atoms with Crippen molar-refractivity contribution in [2.45, 2.75) is 23.8 Å². The normalized spacial score (nSPS) is 15.8. The topological polar surface area (TPSA) is 101 Å². The van der Waals surface area contributed by atoms with Crippen molar-refractivity contribution >= 4 is 10.0 Å². The highest BCUT2D eigenvalue weighted by atomic mass is 32.2. The van der Waals surface area contributed by atoms with Gasteiger partial charge in [-0.1, -0.05) is 24.3 Å². The molecule has 0 aromatic heterocycles. The van der Waals surface area contributed by atoms with Crippen LogP contribution in [0.25, 0.3) is 11.1 Å². The monoisotopic (exact) mass is 521 g/mol. The highest BCUT2D eigenvalue weighted by Crippen LogP contribution is 2.29. The van der Waals surface area contributed by atoms with E-state index in [1.54, 1.807) is 6.07 Å². The summed E-state index contributed by atoms with van der Waals surface area (Å²) >= 11 is 0. The number of nitrogens with one attached hydrogen (secondary N) is 1. The lowest BCUT2D eigenvalue weighted by Crippen LogP contribution is -2.37. The summed E-state index contributed by atoms with van der Waals surface area (Å²) in [6.45, 7) is 2.90. The predicted octanol–water partition coefficient (Wildman–Crippen LogP) is 4.06. The maximum atomic E-state index is 12.9. The van der Waals surface area contributed by atoms with Crippen LogP contribution in [-0.4, -0.2) is 59.8 Å². The molecule has 1 saturated heterocycles. The number of rotatable bonds is 11. The smallest absolute Gasteiger partial charge is 0.241 e. The van der Waals surface area contributed by atoms with Crippen molar-refractivity contribution in [1.29, 1.82) is 5.26 Å². The molecule has 0 aliphatic carbocycles. The van der Waals surface area contributed by atoms with Crippen LogP contribution in [0.1, 0.15) is 18.4 Å². The van der Waals surface area contributed by atoms with E-state index in [0.29, 0.717) is 30.2 Å². The molecule has 1 N–H and O–H groups in total. The molecule has 1 atom stereocenters. The predicted molar refractivity (Wildman–Crippen MR) is 141 cm³/mol. The summed E-state index contributed by atoms with van der Waals surface area (Å²) in [6, 6.07) is 22.0. The quantitative estimate of drug-likeness (QED) is 0.380. The van der Waals surface area contributed by atoms with Crippen molar-refractivity contribution in [1.82, 2.24) is 9.62 Å². The third kappa shape index (κ3) is 6.80. The maximum absolute atomic E-state index is 12.9. The van der Waals surface area contributed by atoms with Crippen molar-refractivity contribution in [3.05, 3.63) is 72.3 Å². The van der Waals surface area contributed by atoms with Crippen LogP contribution in [0, 0.1) is 11.3 Å². The number of ether oxygens (including phenoxy) is 3. The molecule has 1 fully saturated rings. The highest BCUT2D eigenvalue weighted by Gasteiger charge is 2.27. The molecule has 0 amide bonds. The minimum absolute atomic E-state index is 0.145. The molecular formula is C28H31N3O5S. The van der Waals surface area contributed by atoms with Crippen LogP contribution < -0.4 is 18.9 Å². The van der Waals surface area contributed by atoms with E-state index in [1.165, 1.54) is 26.4 Å². The summed E-state index contributed by atoms with van der Waals surface area (Å²) in [5.74, 6) is 1.67. The molecule has 1 aliphatic heterocycles. The molecule has 37 heavy (non-hydrogen) atoms. The second-order valence-corrected chi connectivity index (χ2v) is 10.6. The van der Waals surface area contributed by atoms with Crippen molar-refractivity contribution < 1.29 is 22.6 Å². The molecule has 1 unspecified atom stereocenters. The van der Waals surface area contributed by atoms with Gasteiger partial charge >= 0.3 is 0 Å². The summed E-state index contributed by atoms with van der Waals surface area (Å²) in [5.41, 5.74) is 2.76. The Bertz CT molecular complexity index is 1340. The lowest BCUT2D eigenvalue weighted by atomic mass is 10.0. The Morgan fingerprint density at radius 2 is 1.65 bits per heavy atom. The summed E-state index contributed by atoms with van der Waals surface area (Å²) in [6.07, 6.45) is 1.59.